The van der Waals surface area contributed by atoms with Gasteiger partial charge in [-0.1, -0.05) is 17.8 Å². The summed E-state index contributed by atoms with van der Waals surface area (Å²) in [5, 5.41) is 11.1. The number of thioether (sulfide) groups is 1. The fourth-order valence-electron chi connectivity index (χ4n) is 1.82. The summed E-state index contributed by atoms with van der Waals surface area (Å²) in [6.45, 7) is 6.34. The summed E-state index contributed by atoms with van der Waals surface area (Å²) >= 11 is 1.35. The van der Waals surface area contributed by atoms with Crippen molar-refractivity contribution in [1.29, 1.82) is 0 Å². The Hall–Kier alpha value is -2.08. The Balaban J connectivity index is 2.11. The molecule has 110 valence electrons. The SMILES string of the molecule is C=CCc1cc(C=NN=C2NC(=O)CS2)ccc1OCC. The van der Waals surface area contributed by atoms with Gasteiger partial charge in [0.15, 0.2) is 5.17 Å². The van der Waals surface area contributed by atoms with E-state index < -0.39 is 0 Å². The molecule has 6 heteroatoms. The van der Waals surface area contributed by atoms with Crippen LogP contribution in [0, 0.1) is 0 Å². The molecule has 1 aliphatic rings. The lowest BCUT2D eigenvalue weighted by Gasteiger charge is -2.09. The van der Waals surface area contributed by atoms with Crippen molar-refractivity contribution in [1.82, 2.24) is 5.32 Å². The Kier molecular flexibility index (Phi) is 5.57. The first kappa shape index (κ1) is 15.3. The average molecular weight is 303 g/mol. The van der Waals surface area contributed by atoms with Gasteiger partial charge in [-0.2, -0.15) is 5.10 Å². The normalized spacial score (nSPS) is 16.4. The van der Waals surface area contributed by atoms with Crippen LogP contribution in [0.4, 0.5) is 0 Å². The van der Waals surface area contributed by atoms with Crippen molar-refractivity contribution in [2.45, 2.75) is 13.3 Å². The number of ether oxygens (including phenoxy) is 1. The Bertz CT molecular complexity index is 597. The third-order valence-electron chi connectivity index (χ3n) is 2.69. The molecule has 0 saturated carbocycles. The van der Waals surface area contributed by atoms with E-state index in [9.17, 15) is 4.79 Å². The molecule has 1 aromatic rings. The van der Waals surface area contributed by atoms with Crippen LogP contribution in [0.1, 0.15) is 18.1 Å². The molecule has 0 aromatic heterocycles. The van der Waals surface area contributed by atoms with Crippen LogP contribution in [-0.2, 0) is 11.2 Å². The quantitative estimate of drug-likeness (QED) is 0.498. The summed E-state index contributed by atoms with van der Waals surface area (Å²) in [5.41, 5.74) is 1.99. The molecule has 0 bridgehead atoms. The zero-order chi connectivity index (χ0) is 15.1. The molecule has 0 spiro atoms. The number of amides is 1. The van der Waals surface area contributed by atoms with Crippen LogP contribution in [0.5, 0.6) is 5.75 Å². The van der Waals surface area contributed by atoms with Crippen molar-refractivity contribution in [2.24, 2.45) is 10.2 Å². The Labute approximate surface area is 128 Å². The van der Waals surface area contributed by atoms with Crippen molar-refractivity contribution in [3.63, 3.8) is 0 Å². The maximum Gasteiger partial charge on any atom is 0.236 e. The highest BCUT2D eigenvalue weighted by Crippen LogP contribution is 2.20. The molecular formula is C15H17N3O2S. The highest BCUT2D eigenvalue weighted by atomic mass is 32.2. The van der Waals surface area contributed by atoms with Gasteiger partial charge < -0.3 is 10.1 Å². The molecule has 1 fully saturated rings. The van der Waals surface area contributed by atoms with E-state index in [-0.39, 0.29) is 5.91 Å². The highest BCUT2D eigenvalue weighted by Gasteiger charge is 2.15. The number of rotatable bonds is 6. The van der Waals surface area contributed by atoms with Crippen molar-refractivity contribution in [3.05, 3.63) is 42.0 Å². The Morgan fingerprint density at radius 1 is 1.52 bits per heavy atom. The van der Waals surface area contributed by atoms with E-state index in [1.54, 1.807) is 6.21 Å². The van der Waals surface area contributed by atoms with Crippen LogP contribution in [-0.4, -0.2) is 29.6 Å². The predicted molar refractivity (Wildman–Crippen MR) is 87.1 cm³/mol. The van der Waals surface area contributed by atoms with E-state index >= 15 is 0 Å². The van der Waals surface area contributed by atoms with Crippen LogP contribution in [0.3, 0.4) is 0 Å². The maximum absolute atomic E-state index is 11.0. The van der Waals surface area contributed by atoms with Crippen LogP contribution in [0.2, 0.25) is 0 Å². The molecule has 5 nitrogen and oxygen atoms in total. The van der Waals surface area contributed by atoms with E-state index in [0.29, 0.717) is 17.5 Å². The molecule has 1 aromatic carbocycles. The monoisotopic (exact) mass is 303 g/mol. The highest BCUT2D eigenvalue weighted by molar-refractivity contribution is 8.15. The van der Waals surface area contributed by atoms with Crippen LogP contribution in [0.15, 0.2) is 41.1 Å². The Morgan fingerprint density at radius 3 is 3.05 bits per heavy atom. The topological polar surface area (TPSA) is 63.0 Å². The average Bonchev–Trinajstić information content (AvgIpc) is 2.88. The number of hydrogen-bond donors (Lipinski definition) is 1. The third kappa shape index (κ3) is 4.46. The van der Waals surface area contributed by atoms with Crippen molar-refractivity contribution in [2.75, 3.05) is 12.4 Å². The summed E-state index contributed by atoms with van der Waals surface area (Å²) in [4.78, 5) is 11.0. The number of nitrogens with zero attached hydrogens (tertiary/aromatic N) is 2. The fourth-order valence-corrected chi connectivity index (χ4v) is 2.45. The summed E-state index contributed by atoms with van der Waals surface area (Å²) in [7, 11) is 0. The van der Waals surface area contributed by atoms with Gasteiger partial charge in [0.1, 0.15) is 5.75 Å². The molecule has 1 heterocycles. The van der Waals surface area contributed by atoms with E-state index in [1.807, 2.05) is 31.2 Å². The fraction of sp³-hybridized carbons (Fsp3) is 0.267. The second kappa shape index (κ2) is 7.64. The second-order valence-electron chi connectivity index (χ2n) is 4.28. The smallest absolute Gasteiger partial charge is 0.236 e. The molecule has 0 aliphatic carbocycles. The lowest BCUT2D eigenvalue weighted by molar-refractivity contribution is -0.116. The van der Waals surface area contributed by atoms with Crippen molar-refractivity contribution in [3.8, 4) is 5.75 Å². The van der Waals surface area contributed by atoms with Crippen molar-refractivity contribution >= 4 is 29.1 Å². The second-order valence-corrected chi connectivity index (χ2v) is 5.24. The summed E-state index contributed by atoms with van der Waals surface area (Å²) in [5.74, 6) is 1.23. The zero-order valence-electron chi connectivity index (χ0n) is 11.8. The number of carbonyl (C=O) groups is 1. The first-order valence-electron chi connectivity index (χ1n) is 6.63. The summed E-state index contributed by atoms with van der Waals surface area (Å²) in [6.07, 6.45) is 4.22. The number of benzene rings is 1. The number of hydrogen-bond acceptors (Lipinski definition) is 5. The Morgan fingerprint density at radius 2 is 2.38 bits per heavy atom. The number of amidine groups is 1. The standard InChI is InChI=1S/C15H17N3O2S/c1-3-5-12-8-11(6-7-13(12)20-4-2)9-16-18-15-17-14(19)10-21-15/h3,6-9H,1,4-5,10H2,2H3,(H,17,18,19). The van der Waals surface area contributed by atoms with E-state index in [4.69, 9.17) is 4.74 Å². The minimum atomic E-state index is -0.0386. The summed E-state index contributed by atoms with van der Waals surface area (Å²) < 4.78 is 5.57. The molecule has 21 heavy (non-hydrogen) atoms. The number of carbonyl (C=O) groups excluding carboxylic acids is 1. The van der Waals surface area contributed by atoms with Gasteiger partial charge >= 0.3 is 0 Å². The molecule has 1 aliphatic heterocycles. The molecule has 2 rings (SSSR count). The van der Waals surface area contributed by atoms with E-state index in [1.165, 1.54) is 11.8 Å². The minimum Gasteiger partial charge on any atom is -0.494 e. The first-order valence-corrected chi connectivity index (χ1v) is 7.61. The van der Waals surface area contributed by atoms with Gasteiger partial charge in [0, 0.05) is 0 Å². The third-order valence-corrected chi connectivity index (χ3v) is 3.55. The molecule has 0 unspecified atom stereocenters. The molecule has 0 radical (unpaired) electrons. The number of nitrogens with one attached hydrogen (secondary N) is 1. The zero-order valence-corrected chi connectivity index (χ0v) is 12.7. The molecular weight excluding hydrogens is 286 g/mol. The maximum atomic E-state index is 11.0. The van der Waals surface area contributed by atoms with Gasteiger partial charge in [-0.05, 0) is 42.7 Å². The van der Waals surface area contributed by atoms with Gasteiger partial charge in [0.2, 0.25) is 5.91 Å². The summed E-state index contributed by atoms with van der Waals surface area (Å²) in [6, 6.07) is 5.83. The van der Waals surface area contributed by atoms with Crippen molar-refractivity contribution < 1.29 is 9.53 Å². The van der Waals surface area contributed by atoms with Gasteiger partial charge in [-0.25, -0.2) is 0 Å². The van der Waals surface area contributed by atoms with Crippen LogP contribution in [0.25, 0.3) is 0 Å². The lowest BCUT2D eigenvalue weighted by Crippen LogP contribution is -2.19. The molecule has 1 saturated heterocycles. The van der Waals surface area contributed by atoms with Crippen LogP contribution >= 0.6 is 11.8 Å². The molecule has 1 amide bonds. The van der Waals surface area contributed by atoms with Gasteiger partial charge in [0.05, 0.1) is 18.6 Å². The van der Waals surface area contributed by atoms with Gasteiger partial charge in [-0.3, -0.25) is 4.79 Å². The van der Waals surface area contributed by atoms with Crippen LogP contribution < -0.4 is 10.1 Å². The van der Waals surface area contributed by atoms with E-state index in [2.05, 4.69) is 22.1 Å². The number of allylic oxidation sites excluding steroid dienone is 1. The molecule has 1 N–H and O–H groups in total. The lowest BCUT2D eigenvalue weighted by atomic mass is 10.1. The van der Waals surface area contributed by atoms with Gasteiger partial charge in [-0.15, -0.1) is 11.7 Å². The van der Waals surface area contributed by atoms with E-state index in [0.717, 1.165) is 23.3 Å². The van der Waals surface area contributed by atoms with Gasteiger partial charge in [0.25, 0.3) is 0 Å². The minimum absolute atomic E-state index is 0.0386. The predicted octanol–water partition coefficient (Wildman–Crippen LogP) is 2.37. The largest absolute Gasteiger partial charge is 0.494 e. The first-order chi connectivity index (χ1) is 10.2. The molecule has 0 atom stereocenters.